The first-order valence-corrected chi connectivity index (χ1v) is 6.14. The summed E-state index contributed by atoms with van der Waals surface area (Å²) in [5.41, 5.74) is 1.84. The molecule has 0 saturated carbocycles. The Bertz CT molecular complexity index is 562. The minimum atomic E-state index is -0.455. The Morgan fingerprint density at radius 1 is 1.41 bits per heavy atom. The summed E-state index contributed by atoms with van der Waals surface area (Å²) >= 11 is 1.43. The topological polar surface area (TPSA) is 30.0 Å². The molecule has 1 aromatic heterocycles. The molecule has 0 saturated heterocycles. The molecule has 0 fully saturated rings. The molecule has 2 nitrogen and oxygen atoms in total. The van der Waals surface area contributed by atoms with Crippen LogP contribution in [0.15, 0.2) is 23.6 Å². The minimum Gasteiger partial charge on any atom is -0.294 e. The van der Waals surface area contributed by atoms with Crippen LogP contribution in [0, 0.1) is 19.7 Å². The summed E-state index contributed by atoms with van der Waals surface area (Å²) in [4.78, 5) is 16.1. The summed E-state index contributed by atoms with van der Waals surface area (Å²) < 4.78 is 13.6. The number of carbonyl (C=O) groups is 1. The van der Waals surface area contributed by atoms with E-state index in [0.29, 0.717) is 0 Å². The first-order chi connectivity index (χ1) is 8.06. The van der Waals surface area contributed by atoms with Crippen LogP contribution in [0.4, 0.5) is 4.39 Å². The number of halogens is 1. The maximum Gasteiger partial charge on any atom is 0.172 e. The second kappa shape index (κ2) is 4.75. The Labute approximate surface area is 103 Å². The Kier molecular flexibility index (Phi) is 3.33. The van der Waals surface area contributed by atoms with Gasteiger partial charge < -0.3 is 0 Å². The standard InChI is InChI=1S/C13H12FNOS/c1-8-3-4-10(11(14)5-8)12(16)6-13-15-9(2)7-17-13/h3-5,7H,6H2,1-2H3. The van der Waals surface area contributed by atoms with Gasteiger partial charge in [0.05, 0.1) is 12.0 Å². The van der Waals surface area contributed by atoms with Gasteiger partial charge in [-0.05, 0) is 31.5 Å². The Morgan fingerprint density at radius 2 is 2.18 bits per heavy atom. The van der Waals surface area contributed by atoms with E-state index in [1.807, 2.05) is 12.3 Å². The molecule has 2 aromatic rings. The van der Waals surface area contributed by atoms with E-state index in [1.54, 1.807) is 13.0 Å². The van der Waals surface area contributed by atoms with Gasteiger partial charge in [-0.1, -0.05) is 6.07 Å². The third-order valence-electron chi connectivity index (χ3n) is 2.40. The number of hydrogen-bond donors (Lipinski definition) is 0. The zero-order valence-corrected chi connectivity index (χ0v) is 10.5. The lowest BCUT2D eigenvalue weighted by atomic mass is 10.1. The second-order valence-corrected chi connectivity index (χ2v) is 4.91. The molecule has 0 aliphatic heterocycles. The molecule has 0 amide bonds. The summed E-state index contributed by atoms with van der Waals surface area (Å²) in [6, 6.07) is 4.65. The highest BCUT2D eigenvalue weighted by atomic mass is 32.1. The molecule has 88 valence electrons. The van der Waals surface area contributed by atoms with Crippen molar-refractivity contribution in [2.24, 2.45) is 0 Å². The van der Waals surface area contributed by atoms with Crippen molar-refractivity contribution in [2.75, 3.05) is 0 Å². The average molecular weight is 249 g/mol. The van der Waals surface area contributed by atoms with E-state index in [-0.39, 0.29) is 17.8 Å². The predicted molar refractivity (Wildman–Crippen MR) is 66.0 cm³/mol. The molecular weight excluding hydrogens is 237 g/mol. The van der Waals surface area contributed by atoms with Gasteiger partial charge in [0.1, 0.15) is 10.8 Å². The highest BCUT2D eigenvalue weighted by Crippen LogP contribution is 2.15. The van der Waals surface area contributed by atoms with Crippen LogP contribution in [0.3, 0.4) is 0 Å². The van der Waals surface area contributed by atoms with Crippen molar-refractivity contribution in [3.05, 3.63) is 51.2 Å². The zero-order valence-electron chi connectivity index (χ0n) is 9.66. The van der Waals surface area contributed by atoms with E-state index >= 15 is 0 Å². The quantitative estimate of drug-likeness (QED) is 0.781. The fraction of sp³-hybridized carbons (Fsp3) is 0.231. The molecular formula is C13H12FNOS. The maximum atomic E-state index is 13.6. The lowest BCUT2D eigenvalue weighted by Gasteiger charge is -2.01. The van der Waals surface area contributed by atoms with Gasteiger partial charge >= 0.3 is 0 Å². The van der Waals surface area contributed by atoms with Crippen molar-refractivity contribution in [3.63, 3.8) is 0 Å². The fourth-order valence-corrected chi connectivity index (χ4v) is 2.33. The van der Waals surface area contributed by atoms with Gasteiger partial charge in [-0.3, -0.25) is 4.79 Å². The summed E-state index contributed by atoms with van der Waals surface area (Å²) in [6.07, 6.45) is 0.165. The van der Waals surface area contributed by atoms with Gasteiger partial charge in [0.2, 0.25) is 0 Å². The SMILES string of the molecule is Cc1ccc(C(=O)Cc2nc(C)cs2)c(F)c1. The van der Waals surface area contributed by atoms with Gasteiger partial charge in [-0.25, -0.2) is 9.37 Å². The van der Waals surface area contributed by atoms with Crippen LogP contribution in [-0.2, 0) is 6.42 Å². The molecule has 0 aliphatic rings. The number of carbonyl (C=O) groups excluding carboxylic acids is 1. The number of benzene rings is 1. The number of ketones is 1. The maximum absolute atomic E-state index is 13.6. The van der Waals surface area contributed by atoms with Gasteiger partial charge in [0.25, 0.3) is 0 Å². The average Bonchev–Trinajstić information content (AvgIpc) is 2.63. The summed E-state index contributed by atoms with van der Waals surface area (Å²) in [5, 5.41) is 2.61. The summed E-state index contributed by atoms with van der Waals surface area (Å²) in [5.74, 6) is -0.680. The van der Waals surface area contributed by atoms with Crippen LogP contribution >= 0.6 is 11.3 Å². The second-order valence-electron chi connectivity index (χ2n) is 3.97. The van der Waals surface area contributed by atoms with Crippen LogP contribution < -0.4 is 0 Å². The summed E-state index contributed by atoms with van der Waals surface area (Å²) in [6.45, 7) is 3.67. The lowest BCUT2D eigenvalue weighted by Crippen LogP contribution is -2.06. The number of aryl methyl sites for hydroxylation is 2. The van der Waals surface area contributed by atoms with Crippen molar-refractivity contribution >= 4 is 17.1 Å². The van der Waals surface area contributed by atoms with Crippen molar-refractivity contribution in [1.82, 2.24) is 4.98 Å². The van der Waals surface area contributed by atoms with Gasteiger partial charge in [-0.15, -0.1) is 11.3 Å². The van der Waals surface area contributed by atoms with Crippen molar-refractivity contribution in [3.8, 4) is 0 Å². The molecule has 0 atom stereocenters. The first kappa shape index (κ1) is 11.9. The zero-order chi connectivity index (χ0) is 12.4. The predicted octanol–water partition coefficient (Wildman–Crippen LogP) is 3.32. The highest BCUT2D eigenvalue weighted by molar-refractivity contribution is 7.09. The van der Waals surface area contributed by atoms with Crippen LogP contribution in [0.1, 0.15) is 26.6 Å². The third kappa shape index (κ3) is 2.77. The van der Waals surface area contributed by atoms with Crippen molar-refractivity contribution in [1.29, 1.82) is 0 Å². The third-order valence-corrected chi connectivity index (χ3v) is 3.37. The van der Waals surface area contributed by atoms with E-state index in [1.165, 1.54) is 23.5 Å². The molecule has 2 rings (SSSR count). The Hall–Kier alpha value is -1.55. The van der Waals surface area contributed by atoms with Gasteiger partial charge in [0, 0.05) is 11.1 Å². The number of thiazole rings is 1. The summed E-state index contributed by atoms with van der Waals surface area (Å²) in [7, 11) is 0. The van der Waals surface area contributed by atoms with E-state index in [4.69, 9.17) is 0 Å². The molecule has 0 aliphatic carbocycles. The lowest BCUT2D eigenvalue weighted by molar-refractivity contribution is 0.0989. The van der Waals surface area contributed by atoms with Crippen molar-refractivity contribution in [2.45, 2.75) is 20.3 Å². The monoisotopic (exact) mass is 249 g/mol. The first-order valence-electron chi connectivity index (χ1n) is 5.26. The van der Waals surface area contributed by atoms with E-state index in [9.17, 15) is 9.18 Å². The minimum absolute atomic E-state index is 0.142. The van der Waals surface area contributed by atoms with Gasteiger partial charge in [0.15, 0.2) is 5.78 Å². The number of aromatic nitrogens is 1. The van der Waals surface area contributed by atoms with E-state index in [0.717, 1.165) is 16.3 Å². The van der Waals surface area contributed by atoms with Crippen LogP contribution in [0.5, 0.6) is 0 Å². The molecule has 0 bridgehead atoms. The number of rotatable bonds is 3. The number of nitrogens with zero attached hydrogens (tertiary/aromatic N) is 1. The van der Waals surface area contributed by atoms with Gasteiger partial charge in [-0.2, -0.15) is 0 Å². The molecule has 0 radical (unpaired) electrons. The highest BCUT2D eigenvalue weighted by Gasteiger charge is 2.13. The van der Waals surface area contributed by atoms with E-state index in [2.05, 4.69) is 4.98 Å². The smallest absolute Gasteiger partial charge is 0.172 e. The van der Waals surface area contributed by atoms with Crippen LogP contribution in [0.25, 0.3) is 0 Å². The molecule has 1 heterocycles. The Morgan fingerprint density at radius 3 is 2.76 bits per heavy atom. The number of hydrogen-bond acceptors (Lipinski definition) is 3. The Balaban J connectivity index is 2.20. The number of Topliss-reactive ketones (excluding diaryl/α,β-unsaturated/α-hetero) is 1. The molecule has 0 N–H and O–H groups in total. The van der Waals surface area contributed by atoms with Crippen molar-refractivity contribution < 1.29 is 9.18 Å². The molecule has 4 heteroatoms. The molecule has 17 heavy (non-hydrogen) atoms. The van der Waals surface area contributed by atoms with Crippen LogP contribution in [0.2, 0.25) is 0 Å². The fourth-order valence-electron chi connectivity index (χ4n) is 1.56. The molecule has 0 unspecified atom stereocenters. The largest absolute Gasteiger partial charge is 0.294 e. The molecule has 1 aromatic carbocycles. The normalized spacial score (nSPS) is 10.5. The van der Waals surface area contributed by atoms with Crippen LogP contribution in [-0.4, -0.2) is 10.8 Å². The van der Waals surface area contributed by atoms with E-state index < -0.39 is 5.82 Å². The molecule has 0 spiro atoms.